The summed E-state index contributed by atoms with van der Waals surface area (Å²) in [5, 5.41) is 20.9. The van der Waals surface area contributed by atoms with Crippen molar-refractivity contribution in [2.45, 2.75) is 31.6 Å². The molecule has 7 heteroatoms. The molecule has 0 saturated carbocycles. The number of hydrogen-bond donors (Lipinski definition) is 3. The van der Waals surface area contributed by atoms with Crippen LogP contribution in [0.15, 0.2) is 66.7 Å². The molecule has 1 aliphatic carbocycles. The van der Waals surface area contributed by atoms with Gasteiger partial charge in [0.25, 0.3) is 0 Å². The highest BCUT2D eigenvalue weighted by Gasteiger charge is 2.29. The molecule has 0 radical (unpaired) electrons. The lowest BCUT2D eigenvalue weighted by Crippen LogP contribution is -2.20. The number of nitrogens with one attached hydrogen (secondary N) is 1. The Kier molecular flexibility index (Phi) is 6.92. The van der Waals surface area contributed by atoms with E-state index in [0.717, 1.165) is 22.3 Å². The minimum Gasteiger partial charge on any atom is -0.481 e. The molecule has 34 heavy (non-hydrogen) atoms. The summed E-state index contributed by atoms with van der Waals surface area (Å²) < 4.78 is 5.62. The van der Waals surface area contributed by atoms with Gasteiger partial charge < -0.3 is 14.9 Å². The lowest BCUT2D eigenvalue weighted by atomic mass is 9.98. The van der Waals surface area contributed by atoms with E-state index < -0.39 is 18.0 Å². The smallest absolute Gasteiger partial charge is 0.411 e. The normalized spacial score (nSPS) is 12.0. The van der Waals surface area contributed by atoms with Crippen molar-refractivity contribution in [1.29, 1.82) is 0 Å². The Morgan fingerprint density at radius 1 is 0.735 bits per heavy atom. The summed E-state index contributed by atoms with van der Waals surface area (Å²) in [5.41, 5.74) is 6.12. The highest BCUT2D eigenvalue weighted by Crippen LogP contribution is 2.44. The van der Waals surface area contributed by atoms with Crippen LogP contribution in [0, 0.1) is 0 Å². The molecule has 4 rings (SSSR count). The maximum Gasteiger partial charge on any atom is 0.411 e. The van der Waals surface area contributed by atoms with Gasteiger partial charge in [-0.25, -0.2) is 4.79 Å². The Labute approximate surface area is 197 Å². The molecular formula is C27H25NO6. The van der Waals surface area contributed by atoms with Crippen molar-refractivity contribution in [3.05, 3.63) is 89.0 Å². The van der Waals surface area contributed by atoms with Crippen molar-refractivity contribution in [1.82, 2.24) is 0 Å². The van der Waals surface area contributed by atoms with Crippen LogP contribution in [0.1, 0.15) is 41.0 Å². The molecule has 3 aromatic rings. The number of aryl methyl sites for hydroxylation is 2. The van der Waals surface area contributed by atoms with Crippen LogP contribution in [0.3, 0.4) is 0 Å². The largest absolute Gasteiger partial charge is 0.481 e. The zero-order chi connectivity index (χ0) is 24.1. The van der Waals surface area contributed by atoms with Crippen LogP contribution in [0.4, 0.5) is 10.5 Å². The number of carboxylic acid groups (broad SMARTS) is 2. The van der Waals surface area contributed by atoms with E-state index in [-0.39, 0.29) is 38.2 Å². The van der Waals surface area contributed by atoms with Gasteiger partial charge >= 0.3 is 18.0 Å². The van der Waals surface area contributed by atoms with Crippen molar-refractivity contribution >= 4 is 23.7 Å². The number of amides is 1. The third kappa shape index (κ3) is 5.09. The Balaban J connectivity index is 1.51. The standard InChI is InChI=1S/C27H25NO6/c29-24(30)14-12-17-6-5-7-18(13-15-25(31)32)26(17)28-27(33)34-16-23-21-10-3-1-8-19(21)20-9-2-4-11-22(20)23/h1-11,23H,12-16H2,(H,28,33)(H,29,30)(H,31,32). The molecule has 7 nitrogen and oxygen atoms in total. The number of ether oxygens (including phenoxy) is 1. The molecule has 174 valence electrons. The first-order valence-electron chi connectivity index (χ1n) is 11.1. The van der Waals surface area contributed by atoms with Gasteiger partial charge in [-0.1, -0.05) is 66.7 Å². The Bertz CT molecular complexity index is 1150. The fourth-order valence-electron chi connectivity index (χ4n) is 4.45. The predicted molar refractivity (Wildman–Crippen MR) is 127 cm³/mol. The van der Waals surface area contributed by atoms with Crippen LogP contribution >= 0.6 is 0 Å². The van der Waals surface area contributed by atoms with Gasteiger partial charge in [-0.05, 0) is 46.2 Å². The van der Waals surface area contributed by atoms with E-state index in [1.165, 1.54) is 0 Å². The first-order valence-corrected chi connectivity index (χ1v) is 11.1. The van der Waals surface area contributed by atoms with Gasteiger partial charge in [0, 0.05) is 18.8 Å². The van der Waals surface area contributed by atoms with Gasteiger partial charge in [-0.15, -0.1) is 0 Å². The van der Waals surface area contributed by atoms with E-state index in [1.54, 1.807) is 18.2 Å². The van der Waals surface area contributed by atoms with E-state index in [2.05, 4.69) is 17.4 Å². The fourth-order valence-corrected chi connectivity index (χ4v) is 4.45. The van der Waals surface area contributed by atoms with Crippen LogP contribution in [0.2, 0.25) is 0 Å². The summed E-state index contributed by atoms with van der Waals surface area (Å²) in [6.45, 7) is 0.140. The molecule has 1 aliphatic rings. The van der Waals surface area contributed by atoms with Crippen LogP contribution in [-0.4, -0.2) is 34.9 Å². The molecule has 3 N–H and O–H groups in total. The lowest BCUT2D eigenvalue weighted by Gasteiger charge is -2.18. The minimum absolute atomic E-state index is 0.0908. The van der Waals surface area contributed by atoms with Crippen molar-refractivity contribution in [2.75, 3.05) is 11.9 Å². The van der Waals surface area contributed by atoms with E-state index in [1.807, 2.05) is 36.4 Å². The monoisotopic (exact) mass is 459 g/mol. The topological polar surface area (TPSA) is 113 Å². The molecule has 0 aliphatic heterocycles. The second-order valence-electron chi connectivity index (χ2n) is 8.19. The Morgan fingerprint density at radius 3 is 1.74 bits per heavy atom. The molecular weight excluding hydrogens is 434 g/mol. The maximum atomic E-state index is 12.8. The molecule has 0 atom stereocenters. The number of carbonyl (C=O) groups is 3. The predicted octanol–water partition coefficient (Wildman–Crippen LogP) is 5.08. The number of carbonyl (C=O) groups excluding carboxylic acids is 1. The number of benzene rings is 3. The van der Waals surface area contributed by atoms with Crippen molar-refractivity contribution in [3.63, 3.8) is 0 Å². The summed E-state index contributed by atoms with van der Waals surface area (Å²) >= 11 is 0. The SMILES string of the molecule is O=C(O)CCc1cccc(CCC(=O)O)c1NC(=O)OCC1c2ccccc2-c2ccccc21. The van der Waals surface area contributed by atoms with Crippen LogP contribution < -0.4 is 5.32 Å². The van der Waals surface area contributed by atoms with Crippen LogP contribution in [0.5, 0.6) is 0 Å². The number of fused-ring (bicyclic) bond motifs is 3. The van der Waals surface area contributed by atoms with Gasteiger partial charge in [0.15, 0.2) is 0 Å². The average molecular weight is 459 g/mol. The molecule has 0 heterocycles. The number of para-hydroxylation sites is 1. The summed E-state index contributed by atoms with van der Waals surface area (Å²) in [6, 6.07) is 21.3. The number of aliphatic carboxylic acids is 2. The first-order chi connectivity index (χ1) is 16.4. The van der Waals surface area contributed by atoms with E-state index in [4.69, 9.17) is 14.9 Å². The molecule has 3 aromatic carbocycles. The Morgan fingerprint density at radius 2 is 1.24 bits per heavy atom. The van der Waals surface area contributed by atoms with E-state index in [0.29, 0.717) is 16.8 Å². The highest BCUT2D eigenvalue weighted by molar-refractivity contribution is 5.87. The summed E-state index contributed by atoms with van der Waals surface area (Å²) in [6.07, 6.45) is -0.477. The number of rotatable bonds is 9. The van der Waals surface area contributed by atoms with Crippen molar-refractivity contribution in [3.8, 4) is 11.1 Å². The van der Waals surface area contributed by atoms with Gasteiger partial charge in [0.05, 0.1) is 5.69 Å². The molecule has 1 amide bonds. The Hall–Kier alpha value is -4.13. The van der Waals surface area contributed by atoms with Gasteiger partial charge in [-0.2, -0.15) is 0 Å². The van der Waals surface area contributed by atoms with E-state index >= 15 is 0 Å². The van der Waals surface area contributed by atoms with Crippen LogP contribution in [0.25, 0.3) is 11.1 Å². The van der Waals surface area contributed by atoms with Gasteiger partial charge in [-0.3, -0.25) is 14.9 Å². The lowest BCUT2D eigenvalue weighted by molar-refractivity contribution is -0.137. The third-order valence-corrected chi connectivity index (χ3v) is 6.02. The average Bonchev–Trinajstić information content (AvgIpc) is 3.14. The molecule has 0 fully saturated rings. The van der Waals surface area contributed by atoms with Gasteiger partial charge in [0.1, 0.15) is 6.61 Å². The second kappa shape index (κ2) is 10.2. The minimum atomic E-state index is -0.956. The number of hydrogen-bond acceptors (Lipinski definition) is 4. The molecule has 0 bridgehead atoms. The molecule has 0 unspecified atom stereocenters. The third-order valence-electron chi connectivity index (χ3n) is 6.02. The molecule has 0 saturated heterocycles. The van der Waals surface area contributed by atoms with Crippen molar-refractivity contribution < 1.29 is 29.3 Å². The summed E-state index contributed by atoms with van der Waals surface area (Å²) in [5.74, 6) is -2.00. The summed E-state index contributed by atoms with van der Waals surface area (Å²) in [4.78, 5) is 34.9. The number of anilines is 1. The van der Waals surface area contributed by atoms with Gasteiger partial charge in [0.2, 0.25) is 0 Å². The number of carboxylic acids is 2. The first kappa shape index (κ1) is 23.0. The highest BCUT2D eigenvalue weighted by atomic mass is 16.5. The molecule has 0 spiro atoms. The quantitative estimate of drug-likeness (QED) is 0.411. The zero-order valence-electron chi connectivity index (χ0n) is 18.5. The summed E-state index contributed by atoms with van der Waals surface area (Å²) in [7, 11) is 0. The molecule has 0 aromatic heterocycles. The fraction of sp³-hybridized carbons (Fsp3) is 0.222. The zero-order valence-corrected chi connectivity index (χ0v) is 18.5. The van der Waals surface area contributed by atoms with E-state index in [9.17, 15) is 14.4 Å². The van der Waals surface area contributed by atoms with Crippen molar-refractivity contribution in [2.24, 2.45) is 0 Å². The second-order valence-corrected chi connectivity index (χ2v) is 8.19. The maximum absolute atomic E-state index is 12.8. The van der Waals surface area contributed by atoms with Crippen LogP contribution in [-0.2, 0) is 27.2 Å².